The first kappa shape index (κ1) is 11.4. The molecule has 0 unspecified atom stereocenters. The minimum Gasteiger partial charge on any atom is -0.229 e. The molecule has 0 amide bonds. The van der Waals surface area contributed by atoms with E-state index in [4.69, 9.17) is 0 Å². The van der Waals surface area contributed by atoms with Crippen LogP contribution in [0.3, 0.4) is 0 Å². The van der Waals surface area contributed by atoms with Crippen LogP contribution in [0.4, 0.5) is 0 Å². The molecular weight excluding hydrogens is 208 g/mol. The molecule has 15 heavy (non-hydrogen) atoms. The molecule has 0 saturated heterocycles. The quantitative estimate of drug-likeness (QED) is 0.656. The van der Waals surface area contributed by atoms with Gasteiger partial charge in [-0.3, -0.25) is 0 Å². The molecule has 0 heterocycles. The second-order valence-electron chi connectivity index (χ2n) is 5.91. The fourth-order valence-corrected chi connectivity index (χ4v) is 5.30. The van der Waals surface area contributed by atoms with E-state index in [1.165, 1.54) is 44.8 Å². The predicted molar refractivity (Wildman–Crippen MR) is 62.3 cm³/mol. The lowest BCUT2D eigenvalue weighted by atomic mass is 9.35. The molecule has 0 aromatic carbocycles. The summed E-state index contributed by atoms with van der Waals surface area (Å²) in [5.74, 6) is 0.428. The highest BCUT2D eigenvalue weighted by atomic mass is 32.2. The third-order valence-electron chi connectivity index (χ3n) is 4.03. The van der Waals surface area contributed by atoms with Crippen LogP contribution in [-0.2, 0) is 9.84 Å². The van der Waals surface area contributed by atoms with Crippen molar-refractivity contribution >= 4 is 9.84 Å². The van der Waals surface area contributed by atoms with E-state index in [2.05, 4.69) is 6.92 Å². The zero-order valence-electron chi connectivity index (χ0n) is 9.59. The molecule has 3 fully saturated rings. The summed E-state index contributed by atoms with van der Waals surface area (Å²) in [6.45, 7) is 3.84. The first-order valence-corrected chi connectivity index (χ1v) is 7.92. The molecule has 1 radical (unpaired) electrons. The Bertz CT molecular complexity index is 323. The van der Waals surface area contributed by atoms with Gasteiger partial charge in [0, 0.05) is 6.26 Å². The van der Waals surface area contributed by atoms with E-state index in [9.17, 15) is 8.42 Å². The number of hydrogen-bond donors (Lipinski definition) is 0. The topological polar surface area (TPSA) is 34.1 Å². The van der Waals surface area contributed by atoms with Crippen LogP contribution in [0.25, 0.3) is 0 Å². The molecule has 3 heteroatoms. The van der Waals surface area contributed by atoms with Crippen molar-refractivity contribution < 1.29 is 8.42 Å². The Balaban J connectivity index is 1.75. The summed E-state index contributed by atoms with van der Waals surface area (Å²) in [5, 5.41) is 0. The fourth-order valence-electron chi connectivity index (χ4n) is 3.88. The minimum atomic E-state index is -2.77. The molecule has 0 aromatic heterocycles. The zero-order chi connectivity index (χ0) is 11.2. The van der Waals surface area contributed by atoms with Crippen LogP contribution in [-0.4, -0.2) is 20.4 Å². The van der Waals surface area contributed by atoms with Gasteiger partial charge in [0.25, 0.3) is 0 Å². The highest BCUT2D eigenvalue weighted by molar-refractivity contribution is 7.90. The van der Waals surface area contributed by atoms with E-state index in [0.29, 0.717) is 11.2 Å². The molecule has 3 saturated carbocycles. The Kier molecular flexibility index (Phi) is 2.65. The van der Waals surface area contributed by atoms with Crippen molar-refractivity contribution in [2.45, 2.75) is 44.9 Å². The van der Waals surface area contributed by atoms with Crippen LogP contribution in [0.15, 0.2) is 0 Å². The predicted octanol–water partition coefficient (Wildman–Crippen LogP) is 2.60. The minimum absolute atomic E-state index is 0.206. The lowest BCUT2D eigenvalue weighted by molar-refractivity contribution is -0.192. The van der Waals surface area contributed by atoms with Crippen LogP contribution >= 0.6 is 0 Å². The molecular formula is C12H21O2S. The zero-order valence-corrected chi connectivity index (χ0v) is 10.4. The second-order valence-corrected chi connectivity index (χ2v) is 8.05. The SMILES string of the molecule is [CH2]CCCCC12CC(CS(C)(=O)=O)(C1)C2. The van der Waals surface area contributed by atoms with Crippen molar-refractivity contribution in [1.82, 2.24) is 0 Å². The van der Waals surface area contributed by atoms with Gasteiger partial charge in [-0.1, -0.05) is 26.2 Å². The van der Waals surface area contributed by atoms with Crippen LogP contribution in [0.5, 0.6) is 0 Å². The van der Waals surface area contributed by atoms with Crippen LogP contribution in [0, 0.1) is 17.8 Å². The Morgan fingerprint density at radius 3 is 2.20 bits per heavy atom. The van der Waals surface area contributed by atoms with Gasteiger partial charge in [-0.25, -0.2) is 8.42 Å². The summed E-state index contributed by atoms with van der Waals surface area (Å²) in [5.41, 5.74) is 0.762. The third-order valence-corrected chi connectivity index (χ3v) is 5.16. The van der Waals surface area contributed by atoms with Gasteiger partial charge in [0.2, 0.25) is 0 Å². The Hall–Kier alpha value is -0.0500. The maximum Gasteiger partial charge on any atom is 0.148 e. The monoisotopic (exact) mass is 229 g/mol. The molecule has 3 aliphatic rings. The van der Waals surface area contributed by atoms with Gasteiger partial charge >= 0.3 is 0 Å². The molecule has 2 bridgehead atoms. The molecule has 87 valence electrons. The second kappa shape index (κ2) is 3.47. The number of sulfone groups is 1. The highest BCUT2D eigenvalue weighted by Crippen LogP contribution is 2.75. The molecule has 0 atom stereocenters. The Morgan fingerprint density at radius 2 is 1.73 bits per heavy atom. The molecule has 0 spiro atoms. The van der Waals surface area contributed by atoms with E-state index < -0.39 is 9.84 Å². The van der Waals surface area contributed by atoms with E-state index in [-0.39, 0.29) is 5.41 Å². The van der Waals surface area contributed by atoms with Crippen LogP contribution in [0.1, 0.15) is 44.9 Å². The summed E-state index contributed by atoms with van der Waals surface area (Å²) in [4.78, 5) is 0. The molecule has 2 nitrogen and oxygen atoms in total. The van der Waals surface area contributed by atoms with E-state index in [1.54, 1.807) is 0 Å². The van der Waals surface area contributed by atoms with Crippen LogP contribution < -0.4 is 0 Å². The largest absolute Gasteiger partial charge is 0.229 e. The third kappa shape index (κ3) is 2.22. The number of unbranched alkanes of at least 4 members (excludes halogenated alkanes) is 2. The molecule has 0 aromatic rings. The standard InChI is InChI=1S/C12H21O2S/c1-3-4-5-6-11-7-12(8-11,9-11)10-15(2,13)14/h1,3-10H2,2H3. The Morgan fingerprint density at radius 1 is 1.13 bits per heavy atom. The summed E-state index contributed by atoms with van der Waals surface area (Å²) < 4.78 is 22.4. The fraction of sp³-hybridized carbons (Fsp3) is 0.917. The van der Waals surface area contributed by atoms with Gasteiger partial charge in [0.15, 0.2) is 0 Å². The van der Waals surface area contributed by atoms with Gasteiger partial charge in [-0.15, -0.1) is 0 Å². The smallest absolute Gasteiger partial charge is 0.148 e. The van der Waals surface area contributed by atoms with Crippen molar-refractivity contribution in [3.8, 4) is 0 Å². The maximum atomic E-state index is 11.2. The summed E-state index contributed by atoms with van der Waals surface area (Å²) in [7, 11) is -2.77. The lowest BCUT2D eigenvalue weighted by Gasteiger charge is -2.71. The Labute approximate surface area is 93.4 Å². The van der Waals surface area contributed by atoms with E-state index in [1.807, 2.05) is 0 Å². The van der Waals surface area contributed by atoms with Gasteiger partial charge in [-0.2, -0.15) is 0 Å². The van der Waals surface area contributed by atoms with Gasteiger partial charge in [0.05, 0.1) is 5.75 Å². The average molecular weight is 229 g/mol. The van der Waals surface area contributed by atoms with Gasteiger partial charge in [0.1, 0.15) is 9.84 Å². The summed E-state index contributed by atoms with van der Waals surface area (Å²) in [6.07, 6.45) is 9.71. The highest BCUT2D eigenvalue weighted by Gasteiger charge is 2.67. The molecule has 0 aliphatic heterocycles. The van der Waals surface area contributed by atoms with Crippen molar-refractivity contribution in [3.05, 3.63) is 6.92 Å². The van der Waals surface area contributed by atoms with Crippen LogP contribution in [0.2, 0.25) is 0 Å². The normalized spacial score (nSPS) is 38.3. The molecule has 3 rings (SSSR count). The average Bonchev–Trinajstić information content (AvgIpc) is 1.95. The van der Waals surface area contributed by atoms with Crippen molar-refractivity contribution in [3.63, 3.8) is 0 Å². The number of hydrogen-bond acceptors (Lipinski definition) is 2. The first-order valence-electron chi connectivity index (χ1n) is 5.86. The molecule has 0 N–H and O–H groups in total. The summed E-state index contributed by atoms with van der Waals surface area (Å²) in [6, 6.07) is 0. The van der Waals surface area contributed by atoms with Crippen molar-refractivity contribution in [2.24, 2.45) is 10.8 Å². The maximum absolute atomic E-state index is 11.2. The first-order chi connectivity index (χ1) is 6.89. The van der Waals surface area contributed by atoms with Gasteiger partial charge in [-0.05, 0) is 36.5 Å². The van der Waals surface area contributed by atoms with Gasteiger partial charge < -0.3 is 0 Å². The molecule has 3 aliphatic carbocycles. The van der Waals surface area contributed by atoms with E-state index >= 15 is 0 Å². The summed E-state index contributed by atoms with van der Waals surface area (Å²) >= 11 is 0. The lowest BCUT2D eigenvalue weighted by Crippen LogP contribution is -2.64. The number of rotatable bonds is 6. The van der Waals surface area contributed by atoms with Crippen molar-refractivity contribution in [1.29, 1.82) is 0 Å². The van der Waals surface area contributed by atoms with Crippen molar-refractivity contribution in [2.75, 3.05) is 12.0 Å². The van der Waals surface area contributed by atoms with E-state index in [0.717, 1.165) is 6.42 Å².